The first-order valence-corrected chi connectivity index (χ1v) is 6.82. The zero-order valence-corrected chi connectivity index (χ0v) is 12.4. The molecular weight excluding hydrogens is 270 g/mol. The fourth-order valence-corrected chi connectivity index (χ4v) is 2.00. The lowest BCUT2D eigenvalue weighted by Crippen LogP contribution is -2.31. The number of carboxylic acids is 1. The van der Waals surface area contributed by atoms with Crippen molar-refractivity contribution in [3.63, 3.8) is 0 Å². The summed E-state index contributed by atoms with van der Waals surface area (Å²) in [5.41, 5.74) is 0.810. The van der Waals surface area contributed by atoms with Crippen LogP contribution in [0.2, 0.25) is 0 Å². The van der Waals surface area contributed by atoms with Gasteiger partial charge in [-0.05, 0) is 38.8 Å². The lowest BCUT2D eigenvalue weighted by Gasteiger charge is -2.18. The molecule has 2 rings (SSSR count). The Morgan fingerprint density at radius 2 is 2.05 bits per heavy atom. The zero-order valence-electron chi connectivity index (χ0n) is 12.4. The van der Waals surface area contributed by atoms with E-state index in [1.165, 1.54) is 0 Å². The van der Waals surface area contributed by atoms with Crippen molar-refractivity contribution in [2.45, 2.75) is 27.2 Å². The summed E-state index contributed by atoms with van der Waals surface area (Å²) in [6.07, 6.45) is 0.354. The van der Waals surface area contributed by atoms with E-state index < -0.39 is 11.4 Å². The Morgan fingerprint density at radius 1 is 1.33 bits per heavy atom. The quantitative estimate of drug-likeness (QED) is 0.886. The van der Waals surface area contributed by atoms with Crippen molar-refractivity contribution in [2.75, 3.05) is 6.54 Å². The Kier molecular flexibility index (Phi) is 4.02. The van der Waals surface area contributed by atoms with Gasteiger partial charge in [0.2, 0.25) is 0 Å². The first kappa shape index (κ1) is 15.1. The standard InChI is InChI=1S/C16H19NO4/c1-10-5-4-6-11-9-12(21-13(10)11)14(18)17-8-7-16(2,3)15(19)20/h4-6,9H,7-8H2,1-3H3,(H,17,18)(H,19,20). The van der Waals surface area contributed by atoms with E-state index in [2.05, 4.69) is 5.32 Å². The van der Waals surface area contributed by atoms with Gasteiger partial charge in [-0.25, -0.2) is 0 Å². The van der Waals surface area contributed by atoms with Crippen LogP contribution in [-0.4, -0.2) is 23.5 Å². The fourth-order valence-electron chi connectivity index (χ4n) is 2.00. The molecule has 1 heterocycles. The number of para-hydroxylation sites is 1. The average molecular weight is 289 g/mol. The van der Waals surface area contributed by atoms with Crippen LogP contribution in [0.1, 0.15) is 36.4 Å². The molecule has 1 aromatic carbocycles. The number of hydrogen-bond donors (Lipinski definition) is 2. The Labute approximate surface area is 122 Å². The zero-order chi connectivity index (χ0) is 15.6. The van der Waals surface area contributed by atoms with Crippen LogP contribution in [0.3, 0.4) is 0 Å². The minimum atomic E-state index is -0.879. The lowest BCUT2D eigenvalue weighted by molar-refractivity contribution is -0.147. The van der Waals surface area contributed by atoms with Gasteiger partial charge in [-0.3, -0.25) is 9.59 Å². The molecule has 2 aromatic rings. The number of hydrogen-bond acceptors (Lipinski definition) is 3. The van der Waals surface area contributed by atoms with E-state index in [1.807, 2.05) is 25.1 Å². The van der Waals surface area contributed by atoms with Crippen LogP contribution in [-0.2, 0) is 4.79 Å². The van der Waals surface area contributed by atoms with Crippen LogP contribution >= 0.6 is 0 Å². The molecule has 0 aliphatic carbocycles. The summed E-state index contributed by atoms with van der Waals surface area (Å²) in [7, 11) is 0. The number of benzene rings is 1. The molecule has 0 aliphatic rings. The fraction of sp³-hybridized carbons (Fsp3) is 0.375. The number of amides is 1. The third kappa shape index (κ3) is 3.24. The highest BCUT2D eigenvalue weighted by Gasteiger charge is 2.26. The van der Waals surface area contributed by atoms with E-state index in [0.29, 0.717) is 12.0 Å². The number of aryl methyl sites for hydroxylation is 1. The lowest BCUT2D eigenvalue weighted by atomic mass is 9.90. The van der Waals surface area contributed by atoms with Gasteiger partial charge in [0, 0.05) is 11.9 Å². The smallest absolute Gasteiger partial charge is 0.309 e. The van der Waals surface area contributed by atoms with Crippen molar-refractivity contribution in [1.29, 1.82) is 0 Å². The minimum absolute atomic E-state index is 0.243. The number of aliphatic carboxylic acids is 1. The molecule has 0 fully saturated rings. The van der Waals surface area contributed by atoms with Crippen LogP contribution in [0.4, 0.5) is 0 Å². The molecule has 21 heavy (non-hydrogen) atoms. The number of carboxylic acid groups (broad SMARTS) is 1. The number of furan rings is 1. The minimum Gasteiger partial charge on any atom is -0.481 e. The van der Waals surface area contributed by atoms with E-state index in [9.17, 15) is 9.59 Å². The maximum Gasteiger partial charge on any atom is 0.309 e. The van der Waals surface area contributed by atoms with Crippen molar-refractivity contribution in [3.8, 4) is 0 Å². The molecule has 0 aliphatic heterocycles. The maximum atomic E-state index is 12.0. The van der Waals surface area contributed by atoms with Crippen molar-refractivity contribution in [2.24, 2.45) is 5.41 Å². The van der Waals surface area contributed by atoms with Gasteiger partial charge in [0.05, 0.1) is 5.41 Å². The number of rotatable bonds is 5. The van der Waals surface area contributed by atoms with E-state index in [4.69, 9.17) is 9.52 Å². The molecule has 1 aromatic heterocycles. The predicted molar refractivity (Wildman–Crippen MR) is 79.3 cm³/mol. The first-order chi connectivity index (χ1) is 9.81. The molecule has 0 unspecified atom stereocenters. The van der Waals surface area contributed by atoms with E-state index in [-0.39, 0.29) is 18.2 Å². The molecule has 0 saturated carbocycles. The van der Waals surface area contributed by atoms with Crippen LogP contribution in [0, 0.1) is 12.3 Å². The Hall–Kier alpha value is -2.30. The summed E-state index contributed by atoms with van der Waals surface area (Å²) in [4.78, 5) is 23.0. The second-order valence-electron chi connectivity index (χ2n) is 5.80. The van der Waals surface area contributed by atoms with Crippen molar-refractivity contribution < 1.29 is 19.1 Å². The molecule has 0 bridgehead atoms. The number of carbonyl (C=O) groups excluding carboxylic acids is 1. The van der Waals surface area contributed by atoms with E-state index in [0.717, 1.165) is 10.9 Å². The van der Waals surface area contributed by atoms with Gasteiger partial charge in [0.25, 0.3) is 5.91 Å². The predicted octanol–water partition coefficient (Wildman–Crippen LogP) is 2.97. The van der Waals surface area contributed by atoms with Gasteiger partial charge in [0.1, 0.15) is 5.58 Å². The monoisotopic (exact) mass is 289 g/mol. The summed E-state index contributed by atoms with van der Waals surface area (Å²) in [5.74, 6) is -0.963. The molecule has 1 amide bonds. The highest BCUT2D eigenvalue weighted by atomic mass is 16.4. The van der Waals surface area contributed by atoms with E-state index in [1.54, 1.807) is 19.9 Å². The SMILES string of the molecule is Cc1cccc2cc(C(=O)NCCC(C)(C)C(=O)O)oc12. The molecule has 0 saturated heterocycles. The van der Waals surface area contributed by atoms with Gasteiger partial charge in [-0.15, -0.1) is 0 Å². The van der Waals surface area contributed by atoms with Crippen LogP contribution in [0.25, 0.3) is 11.0 Å². The summed E-state index contributed by atoms with van der Waals surface area (Å²) < 4.78 is 5.56. The molecular formula is C16H19NO4. The van der Waals surface area contributed by atoms with Crippen LogP contribution in [0.15, 0.2) is 28.7 Å². The molecule has 112 valence electrons. The second-order valence-corrected chi connectivity index (χ2v) is 5.80. The second kappa shape index (κ2) is 5.60. The summed E-state index contributed by atoms with van der Waals surface area (Å²) in [5, 5.41) is 12.6. The number of carbonyl (C=O) groups is 2. The normalized spacial score (nSPS) is 11.6. The molecule has 5 heteroatoms. The third-order valence-corrected chi connectivity index (χ3v) is 3.58. The van der Waals surface area contributed by atoms with Crippen molar-refractivity contribution in [1.82, 2.24) is 5.32 Å². The first-order valence-electron chi connectivity index (χ1n) is 6.82. The number of nitrogens with one attached hydrogen (secondary N) is 1. The third-order valence-electron chi connectivity index (χ3n) is 3.58. The molecule has 0 atom stereocenters. The van der Waals surface area contributed by atoms with Crippen LogP contribution < -0.4 is 5.32 Å². The summed E-state index contributed by atoms with van der Waals surface area (Å²) in [6.45, 7) is 5.47. The Bertz CT molecular complexity index is 685. The molecule has 2 N–H and O–H groups in total. The maximum absolute atomic E-state index is 12.0. The van der Waals surface area contributed by atoms with Crippen molar-refractivity contribution >= 4 is 22.8 Å². The van der Waals surface area contributed by atoms with E-state index >= 15 is 0 Å². The molecule has 5 nitrogen and oxygen atoms in total. The summed E-state index contributed by atoms with van der Waals surface area (Å²) in [6, 6.07) is 7.41. The van der Waals surface area contributed by atoms with Gasteiger partial charge < -0.3 is 14.8 Å². The van der Waals surface area contributed by atoms with Crippen LogP contribution in [0.5, 0.6) is 0 Å². The van der Waals surface area contributed by atoms with Crippen molar-refractivity contribution in [3.05, 3.63) is 35.6 Å². The largest absolute Gasteiger partial charge is 0.481 e. The molecule has 0 radical (unpaired) electrons. The highest BCUT2D eigenvalue weighted by molar-refractivity contribution is 5.96. The Morgan fingerprint density at radius 3 is 2.67 bits per heavy atom. The topological polar surface area (TPSA) is 79.5 Å². The van der Waals surface area contributed by atoms with Gasteiger partial charge in [-0.1, -0.05) is 18.2 Å². The van der Waals surface area contributed by atoms with Gasteiger partial charge in [-0.2, -0.15) is 0 Å². The Balaban J connectivity index is 2.03. The molecule has 0 spiro atoms. The summed E-state index contributed by atoms with van der Waals surface area (Å²) >= 11 is 0. The van der Waals surface area contributed by atoms with Gasteiger partial charge in [0.15, 0.2) is 5.76 Å². The highest BCUT2D eigenvalue weighted by Crippen LogP contribution is 2.23. The van der Waals surface area contributed by atoms with Gasteiger partial charge >= 0.3 is 5.97 Å². The average Bonchev–Trinajstić information content (AvgIpc) is 2.83. The number of fused-ring (bicyclic) bond motifs is 1.